The summed E-state index contributed by atoms with van der Waals surface area (Å²) in [5.41, 5.74) is 2.21. The van der Waals surface area contributed by atoms with Crippen LogP contribution in [0.4, 0.5) is 0 Å². The van der Waals surface area contributed by atoms with Gasteiger partial charge in [-0.1, -0.05) is 27.2 Å². The van der Waals surface area contributed by atoms with Gasteiger partial charge < -0.3 is 9.15 Å². The molecule has 0 spiro atoms. The second-order valence-electron chi connectivity index (χ2n) is 9.20. The quantitative estimate of drug-likeness (QED) is 0.659. The second-order valence-corrected chi connectivity index (χ2v) is 9.20. The molecule has 2 saturated carbocycles. The van der Waals surface area contributed by atoms with E-state index in [1.54, 1.807) is 6.26 Å². The van der Waals surface area contributed by atoms with Crippen molar-refractivity contribution in [3.8, 4) is 0 Å². The summed E-state index contributed by atoms with van der Waals surface area (Å²) in [7, 11) is 0. The third-order valence-corrected chi connectivity index (χ3v) is 7.51. The maximum atomic E-state index is 6.62. The van der Waals surface area contributed by atoms with E-state index in [0.29, 0.717) is 16.7 Å². The summed E-state index contributed by atoms with van der Waals surface area (Å²) in [5.74, 6) is 1.52. The molecule has 0 unspecified atom stereocenters. The molecule has 0 radical (unpaired) electrons. The van der Waals surface area contributed by atoms with Crippen molar-refractivity contribution in [1.29, 1.82) is 0 Å². The van der Waals surface area contributed by atoms with E-state index < -0.39 is 0 Å². The molecular formula is C20H30O2. The molecule has 2 aliphatic carbocycles. The van der Waals surface area contributed by atoms with Gasteiger partial charge in [-0.3, -0.25) is 0 Å². The summed E-state index contributed by atoms with van der Waals surface area (Å²) < 4.78 is 11.9. The second kappa shape index (κ2) is 4.63. The van der Waals surface area contributed by atoms with Crippen molar-refractivity contribution in [1.82, 2.24) is 0 Å². The van der Waals surface area contributed by atoms with E-state index in [1.165, 1.54) is 44.1 Å². The predicted molar refractivity (Wildman–Crippen MR) is 87.5 cm³/mol. The van der Waals surface area contributed by atoms with Gasteiger partial charge in [-0.05, 0) is 67.8 Å². The van der Waals surface area contributed by atoms with Crippen molar-refractivity contribution in [3.63, 3.8) is 0 Å². The van der Waals surface area contributed by atoms with Crippen LogP contribution in [0.15, 0.2) is 23.0 Å². The number of hydrogen-bond acceptors (Lipinski definition) is 2. The van der Waals surface area contributed by atoms with Gasteiger partial charge >= 0.3 is 0 Å². The Bertz CT molecular complexity index is 546. The van der Waals surface area contributed by atoms with E-state index >= 15 is 0 Å². The SMILES string of the molecule is CC1(C)CCC[C@]2(C)[C@H]3C[C@@H](c4ccoc4)O[C@]3(C)CC[C@@H]12. The third kappa shape index (κ3) is 1.95. The third-order valence-electron chi connectivity index (χ3n) is 7.51. The van der Waals surface area contributed by atoms with E-state index in [2.05, 4.69) is 33.8 Å². The summed E-state index contributed by atoms with van der Waals surface area (Å²) in [6.45, 7) is 9.95. The van der Waals surface area contributed by atoms with Crippen molar-refractivity contribution in [2.75, 3.05) is 0 Å². The van der Waals surface area contributed by atoms with Crippen LogP contribution in [0.5, 0.6) is 0 Å². The molecule has 4 rings (SSSR count). The van der Waals surface area contributed by atoms with E-state index in [-0.39, 0.29) is 11.7 Å². The van der Waals surface area contributed by atoms with Crippen molar-refractivity contribution >= 4 is 0 Å². The van der Waals surface area contributed by atoms with Gasteiger partial charge in [-0.15, -0.1) is 0 Å². The van der Waals surface area contributed by atoms with Gasteiger partial charge in [0.25, 0.3) is 0 Å². The Balaban J connectivity index is 1.68. The molecule has 0 amide bonds. The van der Waals surface area contributed by atoms with Crippen LogP contribution in [0.1, 0.15) is 77.9 Å². The zero-order valence-electron chi connectivity index (χ0n) is 14.5. The van der Waals surface area contributed by atoms with Gasteiger partial charge in [0.05, 0.1) is 24.2 Å². The van der Waals surface area contributed by atoms with Gasteiger partial charge in [0.15, 0.2) is 0 Å². The smallest absolute Gasteiger partial charge is 0.0960 e. The lowest BCUT2D eigenvalue weighted by molar-refractivity contribution is -0.155. The molecule has 2 nitrogen and oxygen atoms in total. The summed E-state index contributed by atoms with van der Waals surface area (Å²) >= 11 is 0. The fourth-order valence-corrected chi connectivity index (χ4v) is 6.52. The van der Waals surface area contributed by atoms with Gasteiger partial charge in [-0.2, -0.15) is 0 Å². The first kappa shape index (κ1) is 14.8. The number of fused-ring (bicyclic) bond motifs is 3. The predicted octanol–water partition coefficient (Wildman–Crippen LogP) is 5.74. The highest BCUT2D eigenvalue weighted by atomic mass is 16.5. The standard InChI is InChI=1S/C20H30O2/c1-18(2)8-5-9-19(3)16(18)6-10-20(4)17(19)12-15(22-20)14-7-11-21-13-14/h7,11,13,15-17H,5-6,8-10,12H2,1-4H3/t15-,16-,17+,19-,20+/m0/s1. The van der Waals surface area contributed by atoms with E-state index in [0.717, 1.165) is 5.92 Å². The Labute approximate surface area is 134 Å². The van der Waals surface area contributed by atoms with Crippen LogP contribution in [-0.2, 0) is 4.74 Å². The molecule has 2 heteroatoms. The first-order valence-electron chi connectivity index (χ1n) is 9.05. The zero-order valence-corrected chi connectivity index (χ0v) is 14.5. The topological polar surface area (TPSA) is 22.4 Å². The highest BCUT2D eigenvalue weighted by Gasteiger charge is 2.62. The minimum Gasteiger partial charge on any atom is -0.472 e. The Morgan fingerprint density at radius 2 is 1.86 bits per heavy atom. The van der Waals surface area contributed by atoms with Crippen LogP contribution in [0.3, 0.4) is 0 Å². The maximum Gasteiger partial charge on any atom is 0.0960 e. The van der Waals surface area contributed by atoms with Crippen LogP contribution in [0.25, 0.3) is 0 Å². The Morgan fingerprint density at radius 1 is 1.05 bits per heavy atom. The van der Waals surface area contributed by atoms with Gasteiger partial charge in [0.1, 0.15) is 0 Å². The molecule has 22 heavy (non-hydrogen) atoms. The summed E-state index contributed by atoms with van der Waals surface area (Å²) in [6, 6.07) is 2.08. The van der Waals surface area contributed by atoms with Crippen molar-refractivity contribution in [3.05, 3.63) is 24.2 Å². The van der Waals surface area contributed by atoms with Gasteiger partial charge in [-0.25, -0.2) is 0 Å². The lowest BCUT2D eigenvalue weighted by atomic mass is 9.45. The first-order chi connectivity index (χ1) is 10.4. The van der Waals surface area contributed by atoms with E-state index in [1.807, 2.05) is 6.26 Å². The molecular weight excluding hydrogens is 272 g/mol. The number of ether oxygens (including phenoxy) is 1. The van der Waals surface area contributed by atoms with Crippen molar-refractivity contribution < 1.29 is 9.15 Å². The average Bonchev–Trinajstić information content (AvgIpc) is 3.04. The summed E-state index contributed by atoms with van der Waals surface area (Å²) in [4.78, 5) is 0. The van der Waals surface area contributed by atoms with Crippen molar-refractivity contribution in [2.24, 2.45) is 22.7 Å². The van der Waals surface area contributed by atoms with E-state index in [4.69, 9.17) is 9.15 Å². The van der Waals surface area contributed by atoms with Crippen LogP contribution < -0.4 is 0 Å². The molecule has 122 valence electrons. The van der Waals surface area contributed by atoms with Crippen molar-refractivity contribution in [2.45, 2.75) is 77.9 Å². The van der Waals surface area contributed by atoms with Gasteiger partial charge in [0, 0.05) is 5.56 Å². The molecule has 3 fully saturated rings. The highest BCUT2D eigenvalue weighted by molar-refractivity contribution is 5.17. The average molecular weight is 302 g/mol. The van der Waals surface area contributed by atoms with Crippen LogP contribution in [0, 0.1) is 22.7 Å². The minimum atomic E-state index is 0.0562. The minimum absolute atomic E-state index is 0.0562. The molecule has 1 aromatic rings. The van der Waals surface area contributed by atoms with Crippen LogP contribution >= 0.6 is 0 Å². The zero-order chi connectivity index (χ0) is 15.6. The van der Waals surface area contributed by atoms with Crippen LogP contribution in [0.2, 0.25) is 0 Å². The van der Waals surface area contributed by atoms with Gasteiger partial charge in [0.2, 0.25) is 0 Å². The normalized spacial score (nSPS) is 47.0. The summed E-state index contributed by atoms with van der Waals surface area (Å²) in [6.07, 6.45) is 11.7. The number of hydrogen-bond donors (Lipinski definition) is 0. The lowest BCUT2D eigenvalue weighted by Gasteiger charge is -2.60. The Morgan fingerprint density at radius 3 is 2.59 bits per heavy atom. The largest absolute Gasteiger partial charge is 0.472 e. The fraction of sp³-hybridized carbons (Fsp3) is 0.800. The molecule has 0 aromatic carbocycles. The Hall–Kier alpha value is -0.760. The molecule has 1 saturated heterocycles. The van der Waals surface area contributed by atoms with Crippen LogP contribution in [-0.4, -0.2) is 5.60 Å². The molecule has 0 N–H and O–H groups in total. The van der Waals surface area contributed by atoms with E-state index in [9.17, 15) is 0 Å². The number of rotatable bonds is 1. The maximum absolute atomic E-state index is 6.62. The monoisotopic (exact) mass is 302 g/mol. The molecule has 3 aliphatic rings. The molecule has 5 atom stereocenters. The first-order valence-corrected chi connectivity index (χ1v) is 9.05. The fourth-order valence-electron chi connectivity index (χ4n) is 6.52. The molecule has 2 heterocycles. The Kier molecular flexibility index (Phi) is 3.11. The molecule has 1 aromatic heterocycles. The summed E-state index contributed by atoms with van der Waals surface area (Å²) in [5, 5.41) is 0. The molecule has 0 bridgehead atoms. The molecule has 1 aliphatic heterocycles. The highest BCUT2D eigenvalue weighted by Crippen LogP contribution is 2.67. The number of furan rings is 1. The lowest BCUT2D eigenvalue weighted by Crippen LogP contribution is -2.55.